The SMILES string of the molecule is Cc1c(N2CCOCC2)nc2ccc(Br)cc2c1C(=O)NC12CCC(C(=O)O)(CC1)CC2Oc1ccccc1OC(F)(F)F. The Bertz CT molecular complexity index is 1600. The molecule has 7 rings (SSSR count). The van der Waals surface area contributed by atoms with Crippen LogP contribution in [-0.2, 0) is 9.53 Å². The number of rotatable bonds is 7. The van der Waals surface area contributed by atoms with Crippen LogP contribution in [0.4, 0.5) is 19.0 Å². The molecule has 1 aromatic heterocycles. The van der Waals surface area contributed by atoms with E-state index in [2.05, 4.69) is 30.9 Å². The smallest absolute Gasteiger partial charge is 0.484 e. The van der Waals surface area contributed by atoms with E-state index in [4.69, 9.17) is 14.5 Å². The summed E-state index contributed by atoms with van der Waals surface area (Å²) in [5.41, 5.74) is -0.407. The van der Waals surface area contributed by atoms with Gasteiger partial charge in [-0.15, -0.1) is 13.2 Å². The number of para-hydroxylation sites is 2. The van der Waals surface area contributed by atoms with E-state index < -0.39 is 35.1 Å². The number of anilines is 1. The molecule has 1 saturated heterocycles. The molecule has 9 nitrogen and oxygen atoms in total. The van der Waals surface area contributed by atoms with Gasteiger partial charge >= 0.3 is 12.3 Å². The van der Waals surface area contributed by atoms with Crippen molar-refractivity contribution in [2.45, 2.75) is 57.0 Å². The molecule has 2 N–H and O–H groups in total. The maximum absolute atomic E-state index is 14.4. The number of halogens is 4. The summed E-state index contributed by atoms with van der Waals surface area (Å²) in [6.45, 7) is 4.16. The van der Waals surface area contributed by atoms with E-state index in [9.17, 15) is 27.9 Å². The normalized spacial score (nSPS) is 25.1. The Balaban J connectivity index is 1.39. The van der Waals surface area contributed by atoms with Crippen LogP contribution >= 0.6 is 15.9 Å². The molecule has 2 bridgehead atoms. The summed E-state index contributed by atoms with van der Waals surface area (Å²) in [6, 6.07) is 10.9. The highest BCUT2D eigenvalue weighted by Gasteiger charge is 2.60. The molecule has 4 fully saturated rings. The van der Waals surface area contributed by atoms with Gasteiger partial charge in [0.1, 0.15) is 11.9 Å². The number of amides is 1. The van der Waals surface area contributed by atoms with Crippen LogP contribution in [0.25, 0.3) is 10.9 Å². The van der Waals surface area contributed by atoms with Crippen molar-refractivity contribution in [1.82, 2.24) is 10.3 Å². The molecular weight excluding hydrogens is 647 g/mol. The van der Waals surface area contributed by atoms with Gasteiger partial charge in [-0.2, -0.15) is 0 Å². The summed E-state index contributed by atoms with van der Waals surface area (Å²) in [7, 11) is 0. The topological polar surface area (TPSA) is 110 Å². The van der Waals surface area contributed by atoms with Gasteiger partial charge in [-0.05, 0) is 62.9 Å². The average Bonchev–Trinajstić information content (AvgIpc) is 2.98. The number of carbonyl (C=O) groups is 2. The zero-order valence-electron chi connectivity index (χ0n) is 23.9. The van der Waals surface area contributed by atoms with Gasteiger partial charge in [-0.1, -0.05) is 28.1 Å². The van der Waals surface area contributed by atoms with E-state index in [0.717, 1.165) is 10.5 Å². The summed E-state index contributed by atoms with van der Waals surface area (Å²) in [6.07, 6.45) is -4.72. The number of alkyl halides is 3. The third-order valence-electron chi connectivity index (χ3n) is 9.15. The molecule has 2 aromatic carbocycles. The van der Waals surface area contributed by atoms with E-state index in [1.807, 2.05) is 25.1 Å². The minimum Gasteiger partial charge on any atom is -0.484 e. The molecule has 234 valence electrons. The van der Waals surface area contributed by atoms with Crippen LogP contribution in [0.3, 0.4) is 0 Å². The molecular formula is C31H31BrF3N3O6. The Labute approximate surface area is 259 Å². The first-order chi connectivity index (χ1) is 20.9. The maximum Gasteiger partial charge on any atom is 0.573 e. The number of aromatic nitrogens is 1. The third-order valence-corrected chi connectivity index (χ3v) is 9.65. The van der Waals surface area contributed by atoms with Crippen LogP contribution in [0.15, 0.2) is 46.9 Å². The molecule has 44 heavy (non-hydrogen) atoms. The first-order valence-electron chi connectivity index (χ1n) is 14.4. The van der Waals surface area contributed by atoms with Crippen LogP contribution in [0.2, 0.25) is 0 Å². The molecule has 0 radical (unpaired) electrons. The number of nitrogens with zero attached hydrogens (tertiary/aromatic N) is 2. The van der Waals surface area contributed by atoms with Crippen molar-refractivity contribution in [3.8, 4) is 11.5 Å². The molecule has 4 aliphatic rings. The highest BCUT2D eigenvalue weighted by atomic mass is 79.9. The standard InChI is InChI=1S/C31H31BrF3N3O6/c1-18-25(20-16-19(32)6-7-21(20)36-26(18)38-12-14-42-15-13-38)27(39)37-30-10-8-29(9-11-30,28(40)41)17-24(30)43-22-4-2-3-5-23(22)44-31(33,34)35/h2-7,16,24H,8-15,17H2,1H3,(H,37,39)(H,40,41). The Morgan fingerprint density at radius 3 is 2.43 bits per heavy atom. The van der Waals surface area contributed by atoms with E-state index in [1.165, 1.54) is 18.2 Å². The number of aliphatic carboxylic acids is 1. The first-order valence-corrected chi connectivity index (χ1v) is 15.2. The van der Waals surface area contributed by atoms with E-state index in [-0.39, 0.29) is 30.9 Å². The average molecular weight is 679 g/mol. The molecule has 0 spiro atoms. The molecule has 1 aliphatic heterocycles. The zero-order chi connectivity index (χ0) is 31.3. The highest BCUT2D eigenvalue weighted by molar-refractivity contribution is 9.10. The van der Waals surface area contributed by atoms with Gasteiger partial charge in [0.15, 0.2) is 11.5 Å². The molecule has 1 unspecified atom stereocenters. The molecule has 3 aromatic rings. The summed E-state index contributed by atoms with van der Waals surface area (Å²) in [5, 5.41) is 14.0. The highest BCUT2D eigenvalue weighted by Crippen LogP contribution is 2.54. The fourth-order valence-corrected chi connectivity index (χ4v) is 7.17. The van der Waals surface area contributed by atoms with Crippen molar-refractivity contribution < 1.29 is 42.1 Å². The maximum atomic E-state index is 14.4. The predicted octanol–water partition coefficient (Wildman–Crippen LogP) is 6.01. The lowest BCUT2D eigenvalue weighted by atomic mass is 9.55. The number of ether oxygens (including phenoxy) is 3. The number of benzene rings is 2. The lowest BCUT2D eigenvalue weighted by Gasteiger charge is -2.55. The second-order valence-electron chi connectivity index (χ2n) is 11.7. The predicted molar refractivity (Wildman–Crippen MR) is 158 cm³/mol. The van der Waals surface area contributed by atoms with Gasteiger partial charge in [0, 0.05) is 34.9 Å². The van der Waals surface area contributed by atoms with Crippen molar-refractivity contribution in [3.05, 3.63) is 58.1 Å². The molecule has 13 heteroatoms. The van der Waals surface area contributed by atoms with Gasteiger partial charge in [-0.3, -0.25) is 9.59 Å². The number of fused-ring (bicyclic) bond motifs is 4. The molecule has 3 saturated carbocycles. The molecule has 1 amide bonds. The lowest BCUT2D eigenvalue weighted by molar-refractivity contribution is -0.275. The minimum absolute atomic E-state index is 0.0175. The number of pyridine rings is 1. The zero-order valence-corrected chi connectivity index (χ0v) is 25.5. The van der Waals surface area contributed by atoms with Crippen LogP contribution in [-0.4, -0.2) is 66.3 Å². The fourth-order valence-electron chi connectivity index (χ4n) is 6.80. The number of carboxylic acid groups (broad SMARTS) is 1. The van der Waals surface area contributed by atoms with Crippen LogP contribution in [0, 0.1) is 12.3 Å². The Morgan fingerprint density at radius 2 is 1.77 bits per heavy atom. The number of carbonyl (C=O) groups excluding carboxylic acids is 1. The van der Waals surface area contributed by atoms with E-state index >= 15 is 0 Å². The van der Waals surface area contributed by atoms with Crippen LogP contribution in [0.5, 0.6) is 11.5 Å². The number of hydrogen-bond acceptors (Lipinski definition) is 7. The van der Waals surface area contributed by atoms with Crippen molar-refractivity contribution in [2.75, 3.05) is 31.2 Å². The number of morpholine rings is 1. The largest absolute Gasteiger partial charge is 0.573 e. The summed E-state index contributed by atoms with van der Waals surface area (Å²) < 4.78 is 56.2. The summed E-state index contributed by atoms with van der Waals surface area (Å²) >= 11 is 3.50. The number of hydrogen-bond donors (Lipinski definition) is 2. The first kappa shape index (κ1) is 30.4. The lowest BCUT2D eigenvalue weighted by Crippen LogP contribution is -2.67. The van der Waals surface area contributed by atoms with Crippen molar-refractivity contribution in [1.29, 1.82) is 0 Å². The monoisotopic (exact) mass is 677 g/mol. The van der Waals surface area contributed by atoms with E-state index in [0.29, 0.717) is 67.0 Å². The van der Waals surface area contributed by atoms with Gasteiger partial charge in [0.2, 0.25) is 0 Å². The van der Waals surface area contributed by atoms with Gasteiger partial charge < -0.3 is 29.5 Å². The third kappa shape index (κ3) is 5.67. The van der Waals surface area contributed by atoms with Crippen molar-refractivity contribution >= 4 is 44.5 Å². The summed E-state index contributed by atoms with van der Waals surface area (Å²) in [5.74, 6) is -1.42. The minimum atomic E-state index is -4.95. The van der Waals surface area contributed by atoms with Crippen LogP contribution < -0.4 is 19.7 Å². The molecule has 3 aliphatic carbocycles. The van der Waals surface area contributed by atoms with Crippen molar-refractivity contribution in [2.24, 2.45) is 5.41 Å². The Hall–Kier alpha value is -3.58. The second-order valence-corrected chi connectivity index (χ2v) is 12.6. The molecule has 2 heterocycles. The number of carboxylic acids is 1. The van der Waals surface area contributed by atoms with Gasteiger partial charge in [-0.25, -0.2) is 4.98 Å². The quantitative estimate of drug-likeness (QED) is 0.313. The van der Waals surface area contributed by atoms with Gasteiger partial charge in [0.25, 0.3) is 5.91 Å². The van der Waals surface area contributed by atoms with Crippen LogP contribution in [0.1, 0.15) is 48.0 Å². The number of nitrogens with one attached hydrogen (secondary N) is 1. The Kier molecular flexibility index (Phi) is 7.89. The second kappa shape index (κ2) is 11.4. The van der Waals surface area contributed by atoms with Gasteiger partial charge in [0.05, 0.1) is 35.2 Å². The Morgan fingerprint density at radius 1 is 1.09 bits per heavy atom. The molecule has 1 atom stereocenters. The summed E-state index contributed by atoms with van der Waals surface area (Å²) in [4.78, 5) is 33.8. The van der Waals surface area contributed by atoms with Crippen molar-refractivity contribution in [3.63, 3.8) is 0 Å². The fraction of sp³-hybridized carbons (Fsp3) is 0.452. The van der Waals surface area contributed by atoms with E-state index in [1.54, 1.807) is 0 Å².